The number of amides is 1. The van der Waals surface area contributed by atoms with Crippen LogP contribution in [-0.4, -0.2) is 38.1 Å². The monoisotopic (exact) mass is 382 g/mol. The highest BCUT2D eigenvalue weighted by Gasteiger charge is 2.24. The SMILES string of the molecule is CCCc1cc(=O)[nH]c(SCC(=O)N2CCc3[nH]c4ccccc4c3C2)n1. The molecular formula is C20H22N4O2S. The van der Waals surface area contributed by atoms with Crippen LogP contribution in [0, 0.1) is 0 Å². The molecule has 1 amide bonds. The third-order valence-corrected chi connectivity index (χ3v) is 5.70. The fraction of sp³-hybridized carbons (Fsp3) is 0.350. The van der Waals surface area contributed by atoms with Gasteiger partial charge in [-0.15, -0.1) is 0 Å². The van der Waals surface area contributed by atoms with Gasteiger partial charge >= 0.3 is 0 Å². The van der Waals surface area contributed by atoms with Crippen molar-refractivity contribution in [2.24, 2.45) is 0 Å². The minimum absolute atomic E-state index is 0.0690. The molecule has 0 atom stereocenters. The summed E-state index contributed by atoms with van der Waals surface area (Å²) in [6, 6.07) is 9.74. The van der Waals surface area contributed by atoms with Crippen molar-refractivity contribution in [2.75, 3.05) is 12.3 Å². The van der Waals surface area contributed by atoms with Crippen LogP contribution in [0.3, 0.4) is 0 Å². The molecule has 7 heteroatoms. The molecule has 0 bridgehead atoms. The average Bonchev–Trinajstić information content (AvgIpc) is 3.04. The van der Waals surface area contributed by atoms with E-state index in [0.717, 1.165) is 30.5 Å². The zero-order valence-electron chi connectivity index (χ0n) is 15.2. The number of carbonyl (C=O) groups excluding carboxylic acids is 1. The summed E-state index contributed by atoms with van der Waals surface area (Å²) in [5.74, 6) is 0.343. The van der Waals surface area contributed by atoms with Crippen LogP contribution in [-0.2, 0) is 24.2 Å². The standard InChI is InChI=1S/C20H22N4O2S/c1-2-5-13-10-18(25)23-20(21-13)27-12-19(26)24-9-8-17-15(11-24)14-6-3-4-7-16(14)22-17/h3-4,6-7,10,22H,2,5,8-9,11-12H2,1H3,(H,21,23,25). The Labute approximate surface area is 161 Å². The largest absolute Gasteiger partial charge is 0.358 e. The van der Waals surface area contributed by atoms with E-state index < -0.39 is 0 Å². The lowest BCUT2D eigenvalue weighted by Crippen LogP contribution is -2.37. The smallest absolute Gasteiger partial charge is 0.251 e. The Hall–Kier alpha value is -2.54. The first-order valence-electron chi connectivity index (χ1n) is 9.23. The first kappa shape index (κ1) is 17.9. The molecule has 1 aliphatic rings. The van der Waals surface area contributed by atoms with E-state index >= 15 is 0 Å². The molecule has 0 saturated carbocycles. The van der Waals surface area contributed by atoms with E-state index in [1.165, 1.54) is 34.5 Å². The van der Waals surface area contributed by atoms with Gasteiger partial charge in [0.1, 0.15) is 0 Å². The van der Waals surface area contributed by atoms with Gasteiger partial charge in [-0.1, -0.05) is 43.3 Å². The van der Waals surface area contributed by atoms with Crippen molar-refractivity contribution >= 4 is 28.6 Å². The first-order valence-corrected chi connectivity index (χ1v) is 10.2. The summed E-state index contributed by atoms with van der Waals surface area (Å²) < 4.78 is 0. The Kier molecular flexibility index (Phi) is 5.03. The molecule has 0 unspecified atom stereocenters. The van der Waals surface area contributed by atoms with Gasteiger partial charge in [0.25, 0.3) is 5.56 Å². The molecule has 2 aromatic heterocycles. The fourth-order valence-electron chi connectivity index (χ4n) is 3.54. The Balaban J connectivity index is 1.44. The van der Waals surface area contributed by atoms with Crippen LogP contribution in [0.4, 0.5) is 0 Å². The molecule has 1 aromatic carbocycles. The number of thioether (sulfide) groups is 1. The van der Waals surface area contributed by atoms with E-state index in [9.17, 15) is 9.59 Å². The number of fused-ring (bicyclic) bond motifs is 3. The highest BCUT2D eigenvalue weighted by atomic mass is 32.2. The van der Waals surface area contributed by atoms with Crippen LogP contribution >= 0.6 is 11.8 Å². The van der Waals surface area contributed by atoms with Gasteiger partial charge in [-0.05, 0) is 12.5 Å². The third kappa shape index (κ3) is 3.78. The Bertz CT molecular complexity index is 1040. The molecule has 3 heterocycles. The first-order chi connectivity index (χ1) is 13.1. The zero-order valence-corrected chi connectivity index (χ0v) is 16.1. The Morgan fingerprint density at radius 3 is 3.00 bits per heavy atom. The normalized spacial score (nSPS) is 13.7. The molecule has 27 heavy (non-hydrogen) atoms. The van der Waals surface area contributed by atoms with Crippen LogP contribution < -0.4 is 5.56 Å². The lowest BCUT2D eigenvalue weighted by atomic mass is 10.0. The summed E-state index contributed by atoms with van der Waals surface area (Å²) in [7, 11) is 0. The van der Waals surface area contributed by atoms with E-state index in [0.29, 0.717) is 18.2 Å². The maximum absolute atomic E-state index is 12.7. The molecular weight excluding hydrogens is 360 g/mol. The third-order valence-electron chi connectivity index (χ3n) is 4.85. The molecule has 6 nitrogen and oxygen atoms in total. The van der Waals surface area contributed by atoms with Gasteiger partial charge in [-0.2, -0.15) is 0 Å². The Morgan fingerprint density at radius 2 is 2.15 bits per heavy atom. The van der Waals surface area contributed by atoms with Crippen LogP contribution in [0.5, 0.6) is 0 Å². The van der Waals surface area contributed by atoms with E-state index in [4.69, 9.17) is 0 Å². The molecule has 0 radical (unpaired) electrons. The van der Waals surface area contributed by atoms with Crippen molar-refractivity contribution in [3.05, 3.63) is 57.6 Å². The summed E-state index contributed by atoms with van der Waals surface area (Å²) in [6.07, 6.45) is 2.53. The number of H-pyrrole nitrogens is 2. The van der Waals surface area contributed by atoms with E-state index in [2.05, 4.69) is 34.0 Å². The lowest BCUT2D eigenvalue weighted by Gasteiger charge is -2.27. The number of aromatic nitrogens is 3. The number of nitrogens with zero attached hydrogens (tertiary/aromatic N) is 2. The van der Waals surface area contributed by atoms with Crippen molar-refractivity contribution in [2.45, 2.75) is 37.9 Å². The van der Waals surface area contributed by atoms with Gasteiger partial charge in [0.2, 0.25) is 5.91 Å². The van der Waals surface area contributed by atoms with Crippen molar-refractivity contribution < 1.29 is 4.79 Å². The van der Waals surface area contributed by atoms with Crippen LogP contribution in [0.25, 0.3) is 10.9 Å². The van der Waals surface area contributed by atoms with Crippen molar-refractivity contribution in [3.63, 3.8) is 0 Å². The van der Waals surface area contributed by atoms with Gasteiger partial charge < -0.3 is 14.9 Å². The second-order valence-corrected chi connectivity index (χ2v) is 7.74. The highest BCUT2D eigenvalue weighted by molar-refractivity contribution is 7.99. The maximum atomic E-state index is 12.7. The van der Waals surface area contributed by atoms with E-state index in [1.807, 2.05) is 17.0 Å². The zero-order chi connectivity index (χ0) is 18.8. The fourth-order valence-corrected chi connectivity index (χ4v) is 4.33. The lowest BCUT2D eigenvalue weighted by molar-refractivity contribution is -0.129. The number of carbonyl (C=O) groups is 1. The van der Waals surface area contributed by atoms with Crippen LogP contribution in [0.1, 0.15) is 30.3 Å². The van der Waals surface area contributed by atoms with Gasteiger partial charge in [0.05, 0.1) is 5.75 Å². The second kappa shape index (κ2) is 7.60. The summed E-state index contributed by atoms with van der Waals surface area (Å²) in [5.41, 5.74) is 4.18. The molecule has 0 saturated heterocycles. The van der Waals surface area contributed by atoms with Crippen LogP contribution in [0.2, 0.25) is 0 Å². The molecule has 1 aliphatic heterocycles. The summed E-state index contributed by atoms with van der Waals surface area (Å²) in [5, 5.41) is 1.71. The van der Waals surface area contributed by atoms with Crippen molar-refractivity contribution in [1.82, 2.24) is 19.9 Å². The molecule has 4 rings (SSSR count). The van der Waals surface area contributed by atoms with E-state index in [1.54, 1.807) is 0 Å². The molecule has 0 fully saturated rings. The minimum Gasteiger partial charge on any atom is -0.358 e. The molecule has 0 spiro atoms. The summed E-state index contributed by atoms with van der Waals surface area (Å²) in [4.78, 5) is 37.0. The van der Waals surface area contributed by atoms with Gasteiger partial charge in [-0.25, -0.2) is 4.98 Å². The average molecular weight is 382 g/mol. The molecule has 3 aromatic rings. The highest BCUT2D eigenvalue weighted by Crippen LogP contribution is 2.28. The number of hydrogen-bond acceptors (Lipinski definition) is 4. The van der Waals surface area contributed by atoms with Crippen molar-refractivity contribution in [1.29, 1.82) is 0 Å². The number of hydrogen-bond donors (Lipinski definition) is 2. The Morgan fingerprint density at radius 1 is 1.30 bits per heavy atom. The summed E-state index contributed by atoms with van der Waals surface area (Å²) >= 11 is 1.30. The predicted octanol–water partition coefficient (Wildman–Crippen LogP) is 2.88. The number of aromatic amines is 2. The molecule has 140 valence electrons. The number of benzene rings is 1. The number of nitrogens with one attached hydrogen (secondary N) is 2. The second-order valence-electron chi connectivity index (χ2n) is 6.77. The summed E-state index contributed by atoms with van der Waals surface area (Å²) in [6.45, 7) is 3.38. The predicted molar refractivity (Wildman–Crippen MR) is 107 cm³/mol. The van der Waals surface area contributed by atoms with Gasteiger partial charge in [-0.3, -0.25) is 9.59 Å². The number of rotatable bonds is 5. The molecule has 2 N–H and O–H groups in total. The maximum Gasteiger partial charge on any atom is 0.251 e. The van der Waals surface area contributed by atoms with Crippen molar-refractivity contribution in [3.8, 4) is 0 Å². The molecule has 0 aliphatic carbocycles. The van der Waals surface area contributed by atoms with Gasteiger partial charge in [0.15, 0.2) is 5.16 Å². The number of aryl methyl sites for hydroxylation is 1. The van der Waals surface area contributed by atoms with E-state index in [-0.39, 0.29) is 17.2 Å². The quantitative estimate of drug-likeness (QED) is 0.525. The minimum atomic E-state index is -0.162. The van der Waals surface area contributed by atoms with Gasteiger partial charge in [0, 0.05) is 53.4 Å². The van der Waals surface area contributed by atoms with Crippen LogP contribution in [0.15, 0.2) is 40.3 Å². The number of para-hydroxylation sites is 1. The topological polar surface area (TPSA) is 81.9 Å².